The third-order valence-electron chi connectivity index (χ3n) is 8.04. The minimum absolute atomic E-state index is 0.00538. The van der Waals surface area contributed by atoms with Gasteiger partial charge in [0.05, 0.1) is 6.54 Å². The standard InChI is InChI=1S/C24H35ClN4O3.C7H6ClF/c25-20-5-6-21(22(17-20)32-16-15-27-9-1-2-10-27)19-7-13-28(14-8-19)23(30)18-26-24(31)29-11-3-4-12-29;1-5-2-3-6(8)4-7(5)9/h5-6,17,19H,1-4,7-16,18H2,(H,26,31);2-4H,1H3. The van der Waals surface area contributed by atoms with E-state index in [-0.39, 0.29) is 24.3 Å². The molecule has 3 saturated heterocycles. The summed E-state index contributed by atoms with van der Waals surface area (Å²) in [6.45, 7) is 8.68. The van der Waals surface area contributed by atoms with Crippen LogP contribution < -0.4 is 10.1 Å². The predicted octanol–water partition coefficient (Wildman–Crippen LogP) is 6.11. The normalized spacial score (nSPS) is 17.8. The molecule has 0 spiro atoms. The van der Waals surface area contributed by atoms with Crippen LogP contribution in [0, 0.1) is 12.7 Å². The van der Waals surface area contributed by atoms with Crippen LogP contribution in [-0.4, -0.2) is 85.6 Å². The van der Waals surface area contributed by atoms with Crippen LogP contribution in [0.15, 0.2) is 36.4 Å². The van der Waals surface area contributed by atoms with Crippen molar-refractivity contribution in [3.8, 4) is 5.75 Å². The zero-order chi connectivity index (χ0) is 29.2. The Labute approximate surface area is 252 Å². The number of hydrogen-bond acceptors (Lipinski definition) is 4. The molecule has 0 unspecified atom stereocenters. The van der Waals surface area contributed by atoms with Gasteiger partial charge in [-0.1, -0.05) is 35.3 Å². The fraction of sp³-hybridized carbons (Fsp3) is 0.548. The molecular formula is C31H41Cl2FN4O3. The van der Waals surface area contributed by atoms with Crippen molar-refractivity contribution in [3.05, 3.63) is 63.4 Å². The zero-order valence-electron chi connectivity index (χ0n) is 23.8. The molecule has 3 aliphatic rings. The van der Waals surface area contributed by atoms with Crippen molar-refractivity contribution in [2.24, 2.45) is 0 Å². The van der Waals surface area contributed by atoms with E-state index in [0.29, 0.717) is 41.2 Å². The SMILES string of the molecule is Cc1ccc(Cl)cc1F.O=C(CNC(=O)N1CCCC1)N1CCC(c2ccc(Cl)cc2OCCN2CCCC2)CC1. The number of ether oxygens (including phenoxy) is 1. The van der Waals surface area contributed by atoms with E-state index in [9.17, 15) is 14.0 Å². The number of piperidine rings is 1. The Morgan fingerprint density at radius 2 is 1.54 bits per heavy atom. The number of likely N-dealkylation sites (tertiary alicyclic amines) is 3. The second-order valence-electron chi connectivity index (χ2n) is 11.0. The number of carbonyl (C=O) groups excluding carboxylic acids is 2. The summed E-state index contributed by atoms with van der Waals surface area (Å²) >= 11 is 11.7. The van der Waals surface area contributed by atoms with Gasteiger partial charge in [0.1, 0.15) is 18.2 Å². The Hall–Kier alpha value is -2.55. The summed E-state index contributed by atoms with van der Waals surface area (Å²) in [5.41, 5.74) is 1.81. The first kappa shape index (κ1) is 31.4. The smallest absolute Gasteiger partial charge is 0.317 e. The van der Waals surface area contributed by atoms with Crippen LogP contribution in [0.5, 0.6) is 5.75 Å². The van der Waals surface area contributed by atoms with Gasteiger partial charge < -0.3 is 19.9 Å². The topological polar surface area (TPSA) is 65.1 Å². The third-order valence-corrected chi connectivity index (χ3v) is 8.52. The van der Waals surface area contributed by atoms with E-state index in [1.165, 1.54) is 24.5 Å². The highest BCUT2D eigenvalue weighted by atomic mass is 35.5. The fourth-order valence-electron chi connectivity index (χ4n) is 5.56. The molecule has 0 radical (unpaired) electrons. The summed E-state index contributed by atoms with van der Waals surface area (Å²) in [6, 6.07) is 10.4. The molecule has 41 heavy (non-hydrogen) atoms. The second kappa shape index (κ2) is 15.6. The number of benzene rings is 2. The number of carbonyl (C=O) groups is 2. The van der Waals surface area contributed by atoms with Crippen molar-refractivity contribution in [1.82, 2.24) is 20.0 Å². The summed E-state index contributed by atoms with van der Waals surface area (Å²) in [4.78, 5) is 30.8. The van der Waals surface area contributed by atoms with Crippen LogP contribution in [-0.2, 0) is 4.79 Å². The Morgan fingerprint density at radius 3 is 2.20 bits per heavy atom. The maximum Gasteiger partial charge on any atom is 0.317 e. The van der Waals surface area contributed by atoms with Gasteiger partial charge in [-0.2, -0.15) is 0 Å². The molecule has 3 fully saturated rings. The molecule has 3 amide bonds. The van der Waals surface area contributed by atoms with E-state index >= 15 is 0 Å². The van der Waals surface area contributed by atoms with E-state index in [2.05, 4.69) is 16.3 Å². The lowest BCUT2D eigenvalue weighted by Gasteiger charge is -2.33. The Bertz CT molecular complexity index is 1160. The molecule has 0 aromatic heterocycles. The van der Waals surface area contributed by atoms with Gasteiger partial charge in [0.2, 0.25) is 5.91 Å². The van der Waals surface area contributed by atoms with Gasteiger partial charge in [-0.15, -0.1) is 0 Å². The van der Waals surface area contributed by atoms with Crippen LogP contribution in [0.25, 0.3) is 0 Å². The number of rotatable bonds is 7. The summed E-state index contributed by atoms with van der Waals surface area (Å²) in [7, 11) is 0. The average Bonchev–Trinajstić information content (AvgIpc) is 3.70. The Balaban J connectivity index is 0.000000367. The van der Waals surface area contributed by atoms with Crippen LogP contribution in [0.2, 0.25) is 10.0 Å². The van der Waals surface area contributed by atoms with Crippen molar-refractivity contribution in [2.45, 2.75) is 51.4 Å². The molecule has 2 aromatic carbocycles. The summed E-state index contributed by atoms with van der Waals surface area (Å²) in [6.07, 6.45) is 6.42. The summed E-state index contributed by atoms with van der Waals surface area (Å²) < 4.78 is 18.7. The monoisotopic (exact) mass is 606 g/mol. The summed E-state index contributed by atoms with van der Waals surface area (Å²) in [5, 5.41) is 3.91. The first-order valence-corrected chi connectivity index (χ1v) is 15.4. The predicted molar refractivity (Wildman–Crippen MR) is 162 cm³/mol. The third kappa shape index (κ3) is 9.48. The lowest BCUT2D eigenvalue weighted by Crippen LogP contribution is -2.46. The number of halogens is 3. The Morgan fingerprint density at radius 1 is 0.902 bits per heavy atom. The van der Waals surface area contributed by atoms with Gasteiger partial charge in [0.25, 0.3) is 0 Å². The molecule has 0 aliphatic carbocycles. The molecule has 3 heterocycles. The highest BCUT2D eigenvalue weighted by molar-refractivity contribution is 6.31. The molecule has 2 aromatic rings. The second-order valence-corrected chi connectivity index (χ2v) is 11.9. The molecule has 224 valence electrons. The molecule has 10 heteroatoms. The van der Waals surface area contributed by atoms with Crippen LogP contribution in [0.1, 0.15) is 55.6 Å². The average molecular weight is 608 g/mol. The minimum atomic E-state index is -0.248. The van der Waals surface area contributed by atoms with Crippen molar-refractivity contribution in [2.75, 3.05) is 59.0 Å². The minimum Gasteiger partial charge on any atom is -0.492 e. The zero-order valence-corrected chi connectivity index (χ0v) is 25.4. The number of aryl methyl sites for hydroxylation is 1. The summed E-state index contributed by atoms with van der Waals surface area (Å²) in [5.74, 6) is 0.966. The molecule has 5 rings (SSSR count). The molecule has 0 saturated carbocycles. The molecule has 1 N–H and O–H groups in total. The van der Waals surface area contributed by atoms with Gasteiger partial charge in [0, 0.05) is 42.8 Å². The molecule has 7 nitrogen and oxygen atoms in total. The maximum atomic E-state index is 12.6. The quantitative estimate of drug-likeness (QED) is 0.413. The molecular weight excluding hydrogens is 566 g/mol. The number of amides is 3. The molecule has 0 atom stereocenters. The fourth-order valence-corrected chi connectivity index (χ4v) is 5.88. The number of nitrogens with zero attached hydrogens (tertiary/aromatic N) is 3. The first-order valence-electron chi connectivity index (χ1n) is 14.7. The highest BCUT2D eigenvalue weighted by Crippen LogP contribution is 2.36. The van der Waals surface area contributed by atoms with Crippen molar-refractivity contribution in [1.29, 1.82) is 0 Å². The van der Waals surface area contributed by atoms with E-state index in [4.69, 9.17) is 27.9 Å². The number of urea groups is 1. The lowest BCUT2D eigenvalue weighted by atomic mass is 9.88. The molecule has 0 bridgehead atoms. The van der Waals surface area contributed by atoms with Gasteiger partial charge in [0.15, 0.2) is 0 Å². The van der Waals surface area contributed by atoms with E-state index in [1.54, 1.807) is 24.0 Å². The Kier molecular flexibility index (Phi) is 12.0. The maximum absolute atomic E-state index is 12.6. The van der Waals surface area contributed by atoms with Crippen molar-refractivity contribution < 1.29 is 18.7 Å². The van der Waals surface area contributed by atoms with Gasteiger partial charge >= 0.3 is 6.03 Å². The first-order chi connectivity index (χ1) is 19.8. The van der Waals surface area contributed by atoms with Crippen LogP contribution in [0.4, 0.5) is 9.18 Å². The number of nitrogens with one attached hydrogen (secondary N) is 1. The van der Waals surface area contributed by atoms with Gasteiger partial charge in [-0.25, -0.2) is 9.18 Å². The van der Waals surface area contributed by atoms with Crippen molar-refractivity contribution in [3.63, 3.8) is 0 Å². The number of hydrogen-bond donors (Lipinski definition) is 1. The van der Waals surface area contributed by atoms with Gasteiger partial charge in [-0.3, -0.25) is 9.69 Å². The van der Waals surface area contributed by atoms with Gasteiger partial charge in [-0.05, 0) is 99.8 Å². The van der Waals surface area contributed by atoms with E-state index < -0.39 is 0 Å². The van der Waals surface area contributed by atoms with Crippen molar-refractivity contribution >= 4 is 35.1 Å². The highest BCUT2D eigenvalue weighted by Gasteiger charge is 2.27. The lowest BCUT2D eigenvalue weighted by molar-refractivity contribution is -0.131. The van der Waals surface area contributed by atoms with Crippen LogP contribution >= 0.6 is 23.2 Å². The molecule has 3 aliphatic heterocycles. The van der Waals surface area contributed by atoms with Crippen LogP contribution in [0.3, 0.4) is 0 Å². The largest absolute Gasteiger partial charge is 0.492 e. The van der Waals surface area contributed by atoms with E-state index in [0.717, 1.165) is 64.2 Å². The van der Waals surface area contributed by atoms with E-state index in [1.807, 2.05) is 17.0 Å².